The lowest BCUT2D eigenvalue weighted by Gasteiger charge is -2.48. The first-order chi connectivity index (χ1) is 18.9. The van der Waals surface area contributed by atoms with Gasteiger partial charge in [0.1, 0.15) is 0 Å². The number of piperidine rings is 1. The van der Waals surface area contributed by atoms with Crippen LogP contribution >= 0.6 is 11.6 Å². The van der Waals surface area contributed by atoms with Gasteiger partial charge in [0.2, 0.25) is 0 Å². The van der Waals surface area contributed by atoms with Gasteiger partial charge in [0.15, 0.2) is 22.5 Å². The number of rotatable bonds is 9. The second-order valence-corrected chi connectivity index (χ2v) is 10.4. The molecule has 0 aliphatic carbocycles. The van der Waals surface area contributed by atoms with Gasteiger partial charge in [0.25, 0.3) is 5.91 Å². The Morgan fingerprint density at radius 2 is 1.92 bits per heavy atom. The highest BCUT2D eigenvalue weighted by Gasteiger charge is 2.35. The van der Waals surface area contributed by atoms with Gasteiger partial charge in [-0.15, -0.1) is 6.42 Å². The summed E-state index contributed by atoms with van der Waals surface area (Å²) in [5.41, 5.74) is 7.95. The summed E-state index contributed by atoms with van der Waals surface area (Å²) in [7, 11) is 0. The number of likely N-dealkylation sites (tertiary alicyclic amines) is 1. The molecule has 2 fully saturated rings. The lowest BCUT2D eigenvalue weighted by molar-refractivity contribution is 0.0356. The topological polar surface area (TPSA) is 131 Å². The van der Waals surface area contributed by atoms with Crippen molar-refractivity contribution < 1.29 is 15.0 Å². The van der Waals surface area contributed by atoms with Crippen LogP contribution in [0.25, 0.3) is 0 Å². The monoisotopic (exact) mass is 555 g/mol. The van der Waals surface area contributed by atoms with Gasteiger partial charge in [-0.2, -0.15) is 0 Å². The van der Waals surface area contributed by atoms with Gasteiger partial charge in [-0.05, 0) is 37.0 Å². The Bertz CT molecular complexity index is 1160. The van der Waals surface area contributed by atoms with Gasteiger partial charge >= 0.3 is 0 Å². The van der Waals surface area contributed by atoms with Crippen molar-refractivity contribution in [2.45, 2.75) is 44.3 Å². The number of carbonyl (C=O) groups excluding carboxylic acids is 1. The lowest BCUT2D eigenvalue weighted by Crippen LogP contribution is -2.58. The maximum absolute atomic E-state index is 12.3. The van der Waals surface area contributed by atoms with Crippen LogP contribution in [0, 0.1) is 12.3 Å². The van der Waals surface area contributed by atoms with Crippen molar-refractivity contribution >= 4 is 29.1 Å². The van der Waals surface area contributed by atoms with Crippen molar-refractivity contribution in [1.82, 2.24) is 25.1 Å². The minimum absolute atomic E-state index is 0.0139. The molecule has 5 N–H and O–H groups in total. The van der Waals surface area contributed by atoms with E-state index in [0.29, 0.717) is 17.9 Å². The summed E-state index contributed by atoms with van der Waals surface area (Å²) in [6.07, 6.45) is 8.52. The zero-order chi connectivity index (χ0) is 27.9. The summed E-state index contributed by atoms with van der Waals surface area (Å²) in [6.45, 7) is 6.32. The molecule has 1 aromatic heterocycles. The molecule has 3 heterocycles. The molecule has 1 aromatic carbocycles. The summed E-state index contributed by atoms with van der Waals surface area (Å²) in [4.78, 5) is 28.0. The van der Waals surface area contributed by atoms with Crippen LogP contribution in [0.3, 0.4) is 0 Å². The maximum Gasteiger partial charge on any atom is 0.273 e. The molecule has 1 amide bonds. The zero-order valence-electron chi connectivity index (χ0n) is 22.4. The summed E-state index contributed by atoms with van der Waals surface area (Å²) >= 11 is 6.47. The van der Waals surface area contributed by atoms with Crippen molar-refractivity contribution in [2.75, 3.05) is 63.1 Å². The number of aliphatic hydroxyl groups is 2. The van der Waals surface area contributed by atoms with E-state index in [0.717, 1.165) is 63.1 Å². The first-order valence-electron chi connectivity index (χ1n) is 13.5. The number of nitrogens with zero attached hydrogens (tertiary/aromatic N) is 5. The highest BCUT2D eigenvalue weighted by Crippen LogP contribution is 2.31. The van der Waals surface area contributed by atoms with E-state index >= 15 is 0 Å². The fourth-order valence-electron chi connectivity index (χ4n) is 5.71. The Kier molecular flexibility index (Phi) is 9.99. The smallest absolute Gasteiger partial charge is 0.273 e. The van der Waals surface area contributed by atoms with E-state index in [9.17, 15) is 9.90 Å². The van der Waals surface area contributed by atoms with Gasteiger partial charge in [0, 0.05) is 56.9 Å². The molecule has 39 heavy (non-hydrogen) atoms. The number of amides is 1. The normalized spacial score (nSPS) is 20.0. The van der Waals surface area contributed by atoms with E-state index in [-0.39, 0.29) is 42.5 Å². The van der Waals surface area contributed by atoms with Crippen molar-refractivity contribution in [1.29, 1.82) is 0 Å². The van der Waals surface area contributed by atoms with Crippen LogP contribution < -0.4 is 16.0 Å². The predicted octanol–water partition coefficient (Wildman–Crippen LogP) is 1.51. The number of carbonyl (C=O) groups is 1. The van der Waals surface area contributed by atoms with Gasteiger partial charge in [0.05, 0.1) is 19.3 Å². The molecule has 2 saturated heterocycles. The quantitative estimate of drug-likeness (QED) is 0.340. The predicted molar refractivity (Wildman–Crippen MR) is 153 cm³/mol. The summed E-state index contributed by atoms with van der Waals surface area (Å²) < 4.78 is 0. The molecule has 0 spiro atoms. The number of nitrogens with two attached hydrogens (primary N) is 1. The van der Waals surface area contributed by atoms with E-state index < -0.39 is 5.91 Å². The fraction of sp³-hybridized carbons (Fsp3) is 0.536. The average Bonchev–Trinajstić information content (AvgIpc) is 2.97. The molecule has 10 nitrogen and oxygen atoms in total. The number of aliphatic hydroxyl groups excluding tert-OH is 2. The highest BCUT2D eigenvalue weighted by atomic mass is 35.5. The molecule has 2 aliphatic heterocycles. The third-order valence-electron chi connectivity index (χ3n) is 7.82. The second-order valence-electron chi connectivity index (χ2n) is 10.0. The Morgan fingerprint density at radius 1 is 1.21 bits per heavy atom. The summed E-state index contributed by atoms with van der Waals surface area (Å²) in [6, 6.07) is 8.64. The lowest BCUT2D eigenvalue weighted by atomic mass is 9.95. The van der Waals surface area contributed by atoms with Crippen LogP contribution in [0.15, 0.2) is 24.3 Å². The molecule has 0 saturated carbocycles. The van der Waals surface area contributed by atoms with Crippen LogP contribution in [-0.2, 0) is 0 Å². The van der Waals surface area contributed by atoms with Gasteiger partial charge in [-0.25, -0.2) is 9.97 Å². The van der Waals surface area contributed by atoms with E-state index in [4.69, 9.17) is 28.9 Å². The van der Waals surface area contributed by atoms with Crippen LogP contribution in [0.5, 0.6) is 0 Å². The number of aromatic nitrogens is 2. The number of hydrogen-bond donors (Lipinski definition) is 4. The minimum atomic E-state index is -0.516. The third kappa shape index (κ3) is 6.62. The molecule has 210 valence electrons. The molecule has 2 aliphatic rings. The number of benzene rings is 1. The van der Waals surface area contributed by atoms with E-state index in [1.165, 1.54) is 0 Å². The van der Waals surface area contributed by atoms with Crippen LogP contribution in [-0.4, -0.2) is 100 Å². The standard InChI is InChI=1S/C28H38ClN7O3/c1-3-19-5-7-20(8-6-19)23(18-38)34-12-9-22(10-13-34)36-15-14-35(17-21(36)4-2)27-25(29)32-24(26(30)33-27)28(39)31-11-16-37/h1,5-8,21-23,37-38H,4,9-18H2,2H3,(H2,30,33)(H,31,39)/t21-,23+/m0/s1. The Labute approximate surface area is 235 Å². The third-order valence-corrected chi connectivity index (χ3v) is 8.07. The van der Waals surface area contributed by atoms with Crippen molar-refractivity contribution in [3.8, 4) is 12.3 Å². The SMILES string of the molecule is C#Cc1ccc([C@@H](CO)N2CCC(N3CCN(c4nc(N)c(C(=O)NCCO)nc4Cl)C[C@@H]3CC)CC2)cc1. The molecule has 0 unspecified atom stereocenters. The Balaban J connectivity index is 1.38. The molecule has 4 rings (SSSR count). The van der Waals surface area contributed by atoms with Crippen LogP contribution in [0.2, 0.25) is 5.15 Å². The molecular weight excluding hydrogens is 518 g/mol. The zero-order valence-corrected chi connectivity index (χ0v) is 23.1. The summed E-state index contributed by atoms with van der Waals surface area (Å²) in [5, 5.41) is 21.8. The number of halogens is 1. The molecular formula is C28H38ClN7O3. The van der Waals surface area contributed by atoms with E-state index in [1.807, 2.05) is 24.3 Å². The number of anilines is 2. The van der Waals surface area contributed by atoms with Crippen molar-refractivity contribution in [3.63, 3.8) is 0 Å². The van der Waals surface area contributed by atoms with Gasteiger partial charge in [-0.1, -0.05) is 36.6 Å². The van der Waals surface area contributed by atoms with Crippen LogP contribution in [0.1, 0.15) is 53.8 Å². The molecule has 0 bridgehead atoms. The van der Waals surface area contributed by atoms with Crippen LogP contribution in [0.4, 0.5) is 11.6 Å². The molecule has 0 radical (unpaired) electrons. The number of terminal acetylenes is 1. The Hall–Kier alpha value is -2.94. The number of piperazine rings is 1. The maximum atomic E-state index is 12.3. The first-order valence-corrected chi connectivity index (χ1v) is 13.9. The van der Waals surface area contributed by atoms with E-state index in [1.54, 1.807) is 0 Å². The van der Waals surface area contributed by atoms with E-state index in [2.05, 4.69) is 42.8 Å². The minimum Gasteiger partial charge on any atom is -0.395 e. The summed E-state index contributed by atoms with van der Waals surface area (Å²) in [5.74, 6) is 2.63. The fourth-order valence-corrected chi connectivity index (χ4v) is 5.95. The average molecular weight is 556 g/mol. The van der Waals surface area contributed by atoms with Gasteiger partial charge in [-0.3, -0.25) is 14.6 Å². The Morgan fingerprint density at radius 3 is 2.54 bits per heavy atom. The highest BCUT2D eigenvalue weighted by molar-refractivity contribution is 6.32. The number of hydrogen-bond acceptors (Lipinski definition) is 9. The molecule has 2 aromatic rings. The second kappa shape index (κ2) is 13.4. The number of nitrogens with one attached hydrogen (secondary N) is 1. The molecule has 2 atom stereocenters. The van der Waals surface area contributed by atoms with Gasteiger partial charge < -0.3 is 26.2 Å². The first kappa shape index (κ1) is 29.1. The number of nitrogen functional groups attached to an aromatic ring is 1. The largest absolute Gasteiger partial charge is 0.395 e. The van der Waals surface area contributed by atoms with Crippen molar-refractivity contribution in [2.24, 2.45) is 0 Å². The molecule has 11 heteroatoms. The van der Waals surface area contributed by atoms with Crippen molar-refractivity contribution in [3.05, 3.63) is 46.2 Å².